The molecular formula is C21H22ClNO. The molecule has 3 rings (SSSR count). The summed E-state index contributed by atoms with van der Waals surface area (Å²) in [5, 5.41) is 0. The molecule has 0 aliphatic heterocycles. The number of nitrogens with two attached hydrogens (primary N) is 1. The number of benzene rings is 3. The Hall–Kier alpha value is -2.29. The van der Waals surface area contributed by atoms with E-state index in [1.165, 1.54) is 22.3 Å². The molecule has 124 valence electrons. The molecule has 2 nitrogen and oxygen atoms in total. The molecular weight excluding hydrogens is 318 g/mol. The normalized spacial score (nSPS) is 10.0. The van der Waals surface area contributed by atoms with E-state index in [2.05, 4.69) is 48.5 Å². The number of hydrogen-bond acceptors (Lipinski definition) is 2. The number of rotatable bonds is 6. The molecule has 0 amide bonds. The van der Waals surface area contributed by atoms with Crippen LogP contribution in [0.3, 0.4) is 0 Å². The van der Waals surface area contributed by atoms with Crippen LogP contribution in [0.15, 0.2) is 78.9 Å². The van der Waals surface area contributed by atoms with Gasteiger partial charge in [0.25, 0.3) is 0 Å². The first-order chi connectivity index (χ1) is 11.4. The summed E-state index contributed by atoms with van der Waals surface area (Å²) in [5.74, 6) is 0.883. The van der Waals surface area contributed by atoms with Crippen LogP contribution in [0.4, 0.5) is 0 Å². The van der Waals surface area contributed by atoms with Gasteiger partial charge in [-0.1, -0.05) is 66.7 Å². The van der Waals surface area contributed by atoms with Gasteiger partial charge in [-0.15, -0.1) is 12.4 Å². The highest BCUT2D eigenvalue weighted by Gasteiger charge is 2.04. The molecule has 24 heavy (non-hydrogen) atoms. The summed E-state index contributed by atoms with van der Waals surface area (Å²) in [5.41, 5.74) is 10.6. The molecule has 0 atom stereocenters. The largest absolute Gasteiger partial charge is 0.489 e. The highest BCUT2D eigenvalue weighted by Crippen LogP contribution is 2.26. The molecule has 0 spiro atoms. The first-order valence-electron chi connectivity index (χ1n) is 7.92. The molecule has 0 bridgehead atoms. The van der Waals surface area contributed by atoms with Crippen molar-refractivity contribution < 1.29 is 4.74 Å². The van der Waals surface area contributed by atoms with E-state index in [-0.39, 0.29) is 12.4 Å². The van der Waals surface area contributed by atoms with Gasteiger partial charge >= 0.3 is 0 Å². The van der Waals surface area contributed by atoms with Crippen LogP contribution in [0.25, 0.3) is 11.1 Å². The molecule has 0 aromatic heterocycles. The third-order valence-electron chi connectivity index (χ3n) is 3.84. The Morgan fingerprint density at radius 1 is 0.750 bits per heavy atom. The molecule has 0 aliphatic carbocycles. The fourth-order valence-electron chi connectivity index (χ4n) is 2.65. The Bertz CT molecular complexity index is 741. The second kappa shape index (κ2) is 9.11. The van der Waals surface area contributed by atoms with Crippen molar-refractivity contribution in [2.24, 2.45) is 5.73 Å². The van der Waals surface area contributed by atoms with Crippen molar-refractivity contribution in [1.82, 2.24) is 0 Å². The molecule has 0 fully saturated rings. The second-order valence-corrected chi connectivity index (χ2v) is 5.49. The van der Waals surface area contributed by atoms with Crippen LogP contribution in [0.1, 0.15) is 11.1 Å². The van der Waals surface area contributed by atoms with Crippen LogP contribution in [-0.2, 0) is 13.0 Å². The Morgan fingerprint density at radius 3 is 2.12 bits per heavy atom. The van der Waals surface area contributed by atoms with Gasteiger partial charge in [0, 0.05) is 0 Å². The zero-order valence-electron chi connectivity index (χ0n) is 13.5. The minimum absolute atomic E-state index is 0. The van der Waals surface area contributed by atoms with E-state index in [4.69, 9.17) is 10.5 Å². The number of hydrogen-bond donors (Lipinski definition) is 1. The predicted octanol–water partition coefficient (Wildman–Crippen LogP) is 4.86. The minimum atomic E-state index is 0. The lowest BCUT2D eigenvalue weighted by Gasteiger charge is -2.10. The third-order valence-corrected chi connectivity index (χ3v) is 3.84. The summed E-state index contributed by atoms with van der Waals surface area (Å²) < 4.78 is 5.84. The van der Waals surface area contributed by atoms with Crippen molar-refractivity contribution in [3.05, 3.63) is 90.0 Å². The van der Waals surface area contributed by atoms with E-state index in [0.717, 1.165) is 12.2 Å². The maximum atomic E-state index is 5.84. The molecule has 0 heterocycles. The maximum absolute atomic E-state index is 5.84. The molecule has 0 saturated heterocycles. The van der Waals surface area contributed by atoms with Gasteiger partial charge in [0.05, 0.1) is 0 Å². The summed E-state index contributed by atoms with van der Waals surface area (Å²) in [4.78, 5) is 0. The monoisotopic (exact) mass is 339 g/mol. The van der Waals surface area contributed by atoms with Crippen LogP contribution in [0, 0.1) is 0 Å². The molecule has 0 saturated carbocycles. The van der Waals surface area contributed by atoms with Gasteiger partial charge in [-0.3, -0.25) is 0 Å². The average molecular weight is 340 g/mol. The van der Waals surface area contributed by atoms with E-state index in [1.807, 2.05) is 30.3 Å². The van der Waals surface area contributed by atoms with Crippen molar-refractivity contribution in [3.8, 4) is 16.9 Å². The van der Waals surface area contributed by atoms with E-state index >= 15 is 0 Å². The third kappa shape index (κ3) is 4.60. The van der Waals surface area contributed by atoms with Gasteiger partial charge in [0.15, 0.2) is 0 Å². The van der Waals surface area contributed by atoms with Crippen molar-refractivity contribution in [3.63, 3.8) is 0 Å². The lowest BCUT2D eigenvalue weighted by Crippen LogP contribution is -2.03. The van der Waals surface area contributed by atoms with Crippen molar-refractivity contribution in [1.29, 1.82) is 0 Å². The summed E-state index contributed by atoms with van der Waals surface area (Å²) in [6, 6.07) is 26.9. The first-order valence-corrected chi connectivity index (χ1v) is 7.92. The smallest absolute Gasteiger partial charge is 0.119 e. The van der Waals surface area contributed by atoms with E-state index < -0.39 is 0 Å². The van der Waals surface area contributed by atoms with Gasteiger partial charge in [-0.2, -0.15) is 0 Å². The molecule has 3 heteroatoms. The lowest BCUT2D eigenvalue weighted by atomic mass is 9.98. The van der Waals surface area contributed by atoms with E-state index in [0.29, 0.717) is 13.2 Å². The Kier molecular flexibility index (Phi) is 6.86. The predicted molar refractivity (Wildman–Crippen MR) is 103 cm³/mol. The SMILES string of the molecule is Cl.NCCc1ccccc1-c1ccc(OCc2ccccc2)cc1. The average Bonchev–Trinajstić information content (AvgIpc) is 2.62. The Morgan fingerprint density at radius 2 is 1.42 bits per heavy atom. The molecule has 0 aliphatic rings. The van der Waals surface area contributed by atoms with Crippen LogP contribution < -0.4 is 10.5 Å². The van der Waals surface area contributed by atoms with Gasteiger partial charge in [-0.05, 0) is 47.4 Å². The Balaban J connectivity index is 0.00000208. The zero-order valence-corrected chi connectivity index (χ0v) is 14.3. The maximum Gasteiger partial charge on any atom is 0.119 e. The van der Waals surface area contributed by atoms with Crippen LogP contribution in [0.5, 0.6) is 5.75 Å². The van der Waals surface area contributed by atoms with E-state index in [9.17, 15) is 0 Å². The van der Waals surface area contributed by atoms with Gasteiger partial charge in [0.2, 0.25) is 0 Å². The van der Waals surface area contributed by atoms with Crippen molar-refractivity contribution >= 4 is 12.4 Å². The summed E-state index contributed by atoms with van der Waals surface area (Å²) in [6.45, 7) is 1.25. The molecule has 3 aromatic carbocycles. The molecule has 0 radical (unpaired) electrons. The summed E-state index contributed by atoms with van der Waals surface area (Å²) in [7, 11) is 0. The standard InChI is InChI=1S/C21H21NO.ClH/c22-15-14-18-8-4-5-9-21(18)19-10-12-20(13-11-19)23-16-17-6-2-1-3-7-17;/h1-13H,14-16,22H2;1H. The zero-order chi connectivity index (χ0) is 15.9. The molecule has 2 N–H and O–H groups in total. The summed E-state index contributed by atoms with van der Waals surface area (Å²) in [6.07, 6.45) is 0.891. The van der Waals surface area contributed by atoms with Crippen LogP contribution in [-0.4, -0.2) is 6.54 Å². The summed E-state index contributed by atoms with van der Waals surface area (Å²) >= 11 is 0. The molecule has 0 unspecified atom stereocenters. The highest BCUT2D eigenvalue weighted by molar-refractivity contribution is 5.85. The van der Waals surface area contributed by atoms with Gasteiger partial charge < -0.3 is 10.5 Å². The fraction of sp³-hybridized carbons (Fsp3) is 0.143. The topological polar surface area (TPSA) is 35.2 Å². The first kappa shape index (κ1) is 18.1. The highest BCUT2D eigenvalue weighted by atomic mass is 35.5. The fourth-order valence-corrected chi connectivity index (χ4v) is 2.65. The lowest BCUT2D eigenvalue weighted by molar-refractivity contribution is 0.306. The minimum Gasteiger partial charge on any atom is -0.489 e. The molecule has 3 aromatic rings. The van der Waals surface area contributed by atoms with Crippen molar-refractivity contribution in [2.45, 2.75) is 13.0 Å². The second-order valence-electron chi connectivity index (χ2n) is 5.49. The van der Waals surface area contributed by atoms with Crippen LogP contribution in [0.2, 0.25) is 0 Å². The quantitative estimate of drug-likeness (QED) is 0.696. The van der Waals surface area contributed by atoms with Crippen molar-refractivity contribution in [2.75, 3.05) is 6.54 Å². The van der Waals surface area contributed by atoms with Gasteiger partial charge in [-0.25, -0.2) is 0 Å². The van der Waals surface area contributed by atoms with Crippen LogP contribution >= 0.6 is 12.4 Å². The number of ether oxygens (including phenoxy) is 1. The van der Waals surface area contributed by atoms with E-state index in [1.54, 1.807) is 0 Å². The number of halogens is 1. The van der Waals surface area contributed by atoms with Gasteiger partial charge in [0.1, 0.15) is 12.4 Å². The Labute approximate surface area is 149 Å².